The Morgan fingerprint density at radius 3 is 3.14 bits per heavy atom. The minimum atomic E-state index is 0.388. The fourth-order valence-corrected chi connectivity index (χ4v) is 2.58. The predicted molar refractivity (Wildman–Crippen MR) is 59.7 cm³/mol. The Labute approximate surface area is 88.9 Å². The second kappa shape index (κ2) is 4.38. The molecule has 78 valence electrons. The van der Waals surface area contributed by atoms with E-state index in [1.54, 1.807) is 11.3 Å². The topological polar surface area (TPSA) is 37.0 Å². The first-order chi connectivity index (χ1) is 6.75. The summed E-state index contributed by atoms with van der Waals surface area (Å²) in [5.41, 5.74) is 0. The quantitative estimate of drug-likeness (QED) is 0.795. The standard InChI is InChI=1S/C10H17N3S/c1-7-5-12-10(14-7)8(2)13-9-3-4-11-6-9/h5,8-9,11,13H,3-4,6H2,1-2H3. The van der Waals surface area contributed by atoms with E-state index < -0.39 is 0 Å². The van der Waals surface area contributed by atoms with Crippen molar-refractivity contribution < 1.29 is 0 Å². The van der Waals surface area contributed by atoms with E-state index in [0.717, 1.165) is 13.1 Å². The van der Waals surface area contributed by atoms with Gasteiger partial charge in [-0.1, -0.05) is 0 Å². The number of nitrogens with one attached hydrogen (secondary N) is 2. The van der Waals surface area contributed by atoms with Crippen molar-refractivity contribution in [3.63, 3.8) is 0 Å². The van der Waals surface area contributed by atoms with E-state index in [1.165, 1.54) is 16.3 Å². The molecule has 2 atom stereocenters. The normalized spacial score (nSPS) is 24.0. The van der Waals surface area contributed by atoms with Gasteiger partial charge in [-0.2, -0.15) is 0 Å². The maximum absolute atomic E-state index is 4.39. The van der Waals surface area contributed by atoms with Crippen LogP contribution in [0.25, 0.3) is 0 Å². The highest BCUT2D eigenvalue weighted by atomic mass is 32.1. The van der Waals surface area contributed by atoms with Crippen LogP contribution in [0.4, 0.5) is 0 Å². The molecule has 3 nitrogen and oxygen atoms in total. The molecule has 1 aliphatic rings. The van der Waals surface area contributed by atoms with Crippen molar-refractivity contribution in [3.8, 4) is 0 Å². The Balaban J connectivity index is 1.91. The summed E-state index contributed by atoms with van der Waals surface area (Å²) in [6.45, 7) is 6.53. The molecule has 2 heterocycles. The lowest BCUT2D eigenvalue weighted by atomic mass is 10.2. The van der Waals surface area contributed by atoms with Crippen molar-refractivity contribution in [2.75, 3.05) is 13.1 Å². The molecule has 0 radical (unpaired) electrons. The average molecular weight is 211 g/mol. The zero-order chi connectivity index (χ0) is 9.97. The van der Waals surface area contributed by atoms with Gasteiger partial charge in [-0.05, 0) is 26.8 Å². The van der Waals surface area contributed by atoms with Gasteiger partial charge in [0.05, 0.1) is 6.04 Å². The molecule has 2 unspecified atom stereocenters. The first-order valence-corrected chi connectivity index (χ1v) is 5.96. The first kappa shape index (κ1) is 10.1. The van der Waals surface area contributed by atoms with Crippen molar-refractivity contribution in [2.45, 2.75) is 32.4 Å². The van der Waals surface area contributed by atoms with Crippen molar-refractivity contribution >= 4 is 11.3 Å². The molecule has 0 aliphatic carbocycles. The fraction of sp³-hybridized carbons (Fsp3) is 0.700. The molecule has 0 aromatic carbocycles. The lowest BCUT2D eigenvalue weighted by molar-refractivity contribution is 0.477. The number of rotatable bonds is 3. The Morgan fingerprint density at radius 2 is 2.57 bits per heavy atom. The van der Waals surface area contributed by atoms with Gasteiger partial charge in [0.15, 0.2) is 0 Å². The van der Waals surface area contributed by atoms with Crippen molar-refractivity contribution in [1.29, 1.82) is 0 Å². The van der Waals surface area contributed by atoms with Gasteiger partial charge < -0.3 is 10.6 Å². The van der Waals surface area contributed by atoms with E-state index >= 15 is 0 Å². The molecule has 1 aromatic heterocycles. The molecule has 4 heteroatoms. The summed E-state index contributed by atoms with van der Waals surface area (Å²) >= 11 is 1.79. The molecule has 0 spiro atoms. The van der Waals surface area contributed by atoms with E-state index in [9.17, 15) is 0 Å². The van der Waals surface area contributed by atoms with E-state index in [2.05, 4.69) is 29.5 Å². The van der Waals surface area contributed by atoms with Gasteiger partial charge in [0.25, 0.3) is 0 Å². The minimum absolute atomic E-state index is 0.388. The number of hydrogen-bond acceptors (Lipinski definition) is 4. The van der Waals surface area contributed by atoms with Crippen molar-refractivity contribution in [2.24, 2.45) is 0 Å². The SMILES string of the molecule is Cc1cnc(C(C)NC2CCNC2)s1. The molecule has 1 aliphatic heterocycles. The lowest BCUT2D eigenvalue weighted by Crippen LogP contribution is -2.33. The molecule has 0 amide bonds. The molecule has 1 aromatic rings. The number of thiazole rings is 1. The number of nitrogens with zero attached hydrogens (tertiary/aromatic N) is 1. The summed E-state index contributed by atoms with van der Waals surface area (Å²) in [6, 6.07) is 1.01. The summed E-state index contributed by atoms with van der Waals surface area (Å²) in [5, 5.41) is 8.15. The molecular weight excluding hydrogens is 194 g/mol. The Bertz CT molecular complexity index is 291. The third-order valence-corrected chi connectivity index (χ3v) is 3.65. The van der Waals surface area contributed by atoms with Crippen molar-refractivity contribution in [3.05, 3.63) is 16.1 Å². The fourth-order valence-electron chi connectivity index (χ4n) is 1.79. The Kier molecular flexibility index (Phi) is 3.15. The smallest absolute Gasteiger partial charge is 0.109 e. The van der Waals surface area contributed by atoms with E-state index in [0.29, 0.717) is 12.1 Å². The highest BCUT2D eigenvalue weighted by Crippen LogP contribution is 2.19. The second-order valence-corrected chi connectivity index (χ2v) is 5.15. The third-order valence-electron chi connectivity index (χ3n) is 2.56. The molecule has 0 saturated carbocycles. The monoisotopic (exact) mass is 211 g/mol. The number of aryl methyl sites for hydroxylation is 1. The van der Waals surface area contributed by atoms with Crippen LogP contribution in [0.3, 0.4) is 0 Å². The summed E-state index contributed by atoms with van der Waals surface area (Å²) in [5.74, 6) is 0. The molecular formula is C10H17N3S. The van der Waals surface area contributed by atoms with Gasteiger partial charge in [-0.15, -0.1) is 11.3 Å². The van der Waals surface area contributed by atoms with Crippen LogP contribution >= 0.6 is 11.3 Å². The van der Waals surface area contributed by atoms with E-state index in [-0.39, 0.29) is 0 Å². The summed E-state index contributed by atoms with van der Waals surface area (Å²) < 4.78 is 0. The zero-order valence-corrected chi connectivity index (χ0v) is 9.53. The van der Waals surface area contributed by atoms with Gasteiger partial charge in [0.2, 0.25) is 0 Å². The largest absolute Gasteiger partial charge is 0.315 e. The van der Waals surface area contributed by atoms with Crippen LogP contribution in [0.15, 0.2) is 6.20 Å². The predicted octanol–water partition coefficient (Wildman–Crippen LogP) is 1.46. The molecule has 1 saturated heterocycles. The van der Waals surface area contributed by atoms with Gasteiger partial charge in [-0.25, -0.2) is 4.98 Å². The van der Waals surface area contributed by atoms with Crippen LogP contribution in [-0.2, 0) is 0 Å². The van der Waals surface area contributed by atoms with Gasteiger partial charge >= 0.3 is 0 Å². The maximum atomic E-state index is 4.39. The third kappa shape index (κ3) is 2.32. The first-order valence-electron chi connectivity index (χ1n) is 5.15. The van der Waals surface area contributed by atoms with Gasteiger partial charge in [0.1, 0.15) is 5.01 Å². The van der Waals surface area contributed by atoms with Crippen LogP contribution < -0.4 is 10.6 Å². The summed E-state index contributed by atoms with van der Waals surface area (Å²) in [6.07, 6.45) is 3.18. The van der Waals surface area contributed by atoms with Crippen molar-refractivity contribution in [1.82, 2.24) is 15.6 Å². The lowest BCUT2D eigenvalue weighted by Gasteiger charge is -2.16. The highest BCUT2D eigenvalue weighted by Gasteiger charge is 2.18. The number of hydrogen-bond donors (Lipinski definition) is 2. The molecule has 14 heavy (non-hydrogen) atoms. The van der Waals surface area contributed by atoms with Gasteiger partial charge in [0, 0.05) is 23.7 Å². The summed E-state index contributed by atoms with van der Waals surface area (Å²) in [4.78, 5) is 5.68. The van der Waals surface area contributed by atoms with Gasteiger partial charge in [-0.3, -0.25) is 0 Å². The molecule has 1 fully saturated rings. The van der Waals surface area contributed by atoms with Crippen LogP contribution in [0, 0.1) is 6.92 Å². The maximum Gasteiger partial charge on any atom is 0.109 e. The zero-order valence-electron chi connectivity index (χ0n) is 8.71. The van der Waals surface area contributed by atoms with Crippen LogP contribution in [0.1, 0.15) is 29.3 Å². The van der Waals surface area contributed by atoms with Crippen LogP contribution in [0.2, 0.25) is 0 Å². The average Bonchev–Trinajstić information content (AvgIpc) is 2.75. The molecule has 0 bridgehead atoms. The highest BCUT2D eigenvalue weighted by molar-refractivity contribution is 7.11. The van der Waals surface area contributed by atoms with Crippen LogP contribution in [-0.4, -0.2) is 24.1 Å². The number of aromatic nitrogens is 1. The minimum Gasteiger partial charge on any atom is -0.315 e. The second-order valence-electron chi connectivity index (χ2n) is 3.89. The molecule has 2 N–H and O–H groups in total. The van der Waals surface area contributed by atoms with E-state index in [4.69, 9.17) is 0 Å². The molecule has 2 rings (SSSR count). The van der Waals surface area contributed by atoms with E-state index in [1.807, 2.05) is 6.20 Å². The Hall–Kier alpha value is -0.450. The van der Waals surface area contributed by atoms with Crippen LogP contribution in [0.5, 0.6) is 0 Å². The Morgan fingerprint density at radius 1 is 1.71 bits per heavy atom. The summed E-state index contributed by atoms with van der Waals surface area (Å²) in [7, 11) is 0.